The Hall–Kier alpha value is -1.35. The molecule has 0 radical (unpaired) electrons. The molecular formula is C14H15N3S2. The molecule has 2 N–H and O–H groups in total. The number of thioether (sulfide) groups is 1. The zero-order valence-corrected chi connectivity index (χ0v) is 12.4. The molecule has 0 aliphatic rings. The summed E-state index contributed by atoms with van der Waals surface area (Å²) in [6.07, 6.45) is 0.885. The Morgan fingerprint density at radius 2 is 2.21 bits per heavy atom. The molecule has 0 saturated carbocycles. The van der Waals surface area contributed by atoms with Crippen molar-refractivity contribution >= 4 is 23.3 Å². The van der Waals surface area contributed by atoms with Crippen LogP contribution in [0.2, 0.25) is 0 Å². The van der Waals surface area contributed by atoms with Crippen LogP contribution in [0.25, 0.3) is 0 Å². The Morgan fingerprint density at radius 1 is 1.37 bits per heavy atom. The van der Waals surface area contributed by atoms with E-state index in [4.69, 9.17) is 5.73 Å². The highest BCUT2D eigenvalue weighted by atomic mass is 32.2. The molecule has 0 aliphatic heterocycles. The Kier molecular flexibility index (Phi) is 5.40. The molecule has 0 atom stereocenters. The van der Waals surface area contributed by atoms with Crippen molar-refractivity contribution in [2.45, 2.75) is 23.4 Å². The average molecular weight is 289 g/mol. The lowest BCUT2D eigenvalue weighted by Gasteiger charge is -2.02. The highest BCUT2D eigenvalue weighted by molar-refractivity contribution is 8.00. The van der Waals surface area contributed by atoms with Crippen molar-refractivity contribution in [1.82, 2.24) is 9.36 Å². The molecule has 2 rings (SSSR count). The van der Waals surface area contributed by atoms with Gasteiger partial charge in [0.15, 0.2) is 4.34 Å². The maximum absolute atomic E-state index is 5.41. The zero-order chi connectivity index (χ0) is 13.5. The maximum Gasteiger partial charge on any atom is 0.170 e. The highest BCUT2D eigenvalue weighted by Gasteiger charge is 2.05. The SMILES string of the molecule is CCc1nsc(SCc2ccccc2C#CCN)n1. The second kappa shape index (κ2) is 7.29. The molecule has 0 aliphatic carbocycles. The summed E-state index contributed by atoms with van der Waals surface area (Å²) in [5, 5.41) is 0. The van der Waals surface area contributed by atoms with Crippen LogP contribution in [0.4, 0.5) is 0 Å². The second-order valence-electron chi connectivity index (χ2n) is 3.78. The minimum absolute atomic E-state index is 0.387. The normalized spacial score (nSPS) is 10.0. The first-order valence-electron chi connectivity index (χ1n) is 6.05. The van der Waals surface area contributed by atoms with Crippen LogP contribution in [0.5, 0.6) is 0 Å². The van der Waals surface area contributed by atoms with Crippen LogP contribution in [0.15, 0.2) is 28.6 Å². The minimum Gasteiger partial charge on any atom is -0.320 e. The summed E-state index contributed by atoms with van der Waals surface area (Å²) in [5.41, 5.74) is 7.67. The number of hydrogen-bond donors (Lipinski definition) is 1. The van der Waals surface area contributed by atoms with Gasteiger partial charge in [-0.05, 0) is 23.2 Å². The first kappa shape index (κ1) is 14.1. The lowest BCUT2D eigenvalue weighted by atomic mass is 10.1. The maximum atomic E-state index is 5.41. The molecule has 1 heterocycles. The van der Waals surface area contributed by atoms with Gasteiger partial charge in [-0.15, -0.1) is 0 Å². The topological polar surface area (TPSA) is 51.8 Å². The molecule has 0 fully saturated rings. The van der Waals surface area contributed by atoms with Crippen molar-refractivity contribution in [2.75, 3.05) is 6.54 Å². The van der Waals surface area contributed by atoms with Crippen molar-refractivity contribution in [3.05, 3.63) is 41.2 Å². The van der Waals surface area contributed by atoms with Gasteiger partial charge in [0.25, 0.3) is 0 Å². The predicted octanol–water partition coefficient (Wildman–Crippen LogP) is 2.70. The molecule has 0 saturated heterocycles. The van der Waals surface area contributed by atoms with E-state index >= 15 is 0 Å². The lowest BCUT2D eigenvalue weighted by Crippen LogP contribution is -1.94. The zero-order valence-electron chi connectivity index (χ0n) is 10.7. The summed E-state index contributed by atoms with van der Waals surface area (Å²) < 4.78 is 5.30. The van der Waals surface area contributed by atoms with E-state index in [1.165, 1.54) is 17.1 Å². The molecule has 5 heteroatoms. The quantitative estimate of drug-likeness (QED) is 0.694. The van der Waals surface area contributed by atoms with E-state index in [1.807, 2.05) is 18.2 Å². The number of rotatable bonds is 4. The van der Waals surface area contributed by atoms with Crippen LogP contribution in [0.1, 0.15) is 23.9 Å². The first-order valence-corrected chi connectivity index (χ1v) is 7.81. The van der Waals surface area contributed by atoms with Gasteiger partial charge < -0.3 is 5.73 Å². The predicted molar refractivity (Wildman–Crippen MR) is 81.2 cm³/mol. The number of aromatic nitrogens is 2. The molecule has 0 unspecified atom stereocenters. The van der Waals surface area contributed by atoms with E-state index in [-0.39, 0.29) is 0 Å². The molecule has 0 amide bonds. The fraction of sp³-hybridized carbons (Fsp3) is 0.286. The van der Waals surface area contributed by atoms with Gasteiger partial charge >= 0.3 is 0 Å². The van der Waals surface area contributed by atoms with E-state index < -0.39 is 0 Å². The molecule has 1 aromatic carbocycles. The number of aryl methyl sites for hydroxylation is 1. The van der Waals surface area contributed by atoms with Crippen LogP contribution in [0.3, 0.4) is 0 Å². The monoisotopic (exact) mass is 289 g/mol. The Bertz CT molecular complexity index is 596. The van der Waals surface area contributed by atoms with Crippen molar-refractivity contribution < 1.29 is 0 Å². The van der Waals surface area contributed by atoms with Gasteiger partial charge in [-0.1, -0.05) is 48.7 Å². The van der Waals surface area contributed by atoms with Gasteiger partial charge in [0.1, 0.15) is 5.82 Å². The number of benzene rings is 1. The Morgan fingerprint density at radius 3 is 2.95 bits per heavy atom. The molecule has 3 nitrogen and oxygen atoms in total. The van der Waals surface area contributed by atoms with E-state index in [2.05, 4.69) is 34.2 Å². The van der Waals surface area contributed by atoms with Gasteiger partial charge in [0, 0.05) is 17.7 Å². The van der Waals surface area contributed by atoms with Crippen molar-refractivity contribution in [1.29, 1.82) is 0 Å². The fourth-order valence-electron chi connectivity index (χ4n) is 1.49. The van der Waals surface area contributed by atoms with Crippen molar-refractivity contribution in [3.8, 4) is 11.8 Å². The van der Waals surface area contributed by atoms with Crippen LogP contribution in [-0.2, 0) is 12.2 Å². The van der Waals surface area contributed by atoms with Crippen LogP contribution in [0, 0.1) is 11.8 Å². The minimum atomic E-state index is 0.387. The largest absolute Gasteiger partial charge is 0.320 e. The molecule has 0 bridgehead atoms. The van der Waals surface area contributed by atoms with Gasteiger partial charge in [-0.3, -0.25) is 0 Å². The molecule has 98 valence electrons. The smallest absolute Gasteiger partial charge is 0.170 e. The number of hydrogen-bond acceptors (Lipinski definition) is 5. The van der Waals surface area contributed by atoms with Crippen molar-refractivity contribution in [3.63, 3.8) is 0 Å². The standard InChI is InChI=1S/C14H15N3S2/c1-2-13-16-14(19-17-13)18-10-12-7-4-3-6-11(12)8-5-9-15/h3-4,6-7H,2,9-10,15H2,1H3. The highest BCUT2D eigenvalue weighted by Crippen LogP contribution is 2.25. The van der Waals surface area contributed by atoms with E-state index in [0.717, 1.165) is 27.9 Å². The summed E-state index contributed by atoms with van der Waals surface area (Å²) in [5.74, 6) is 7.78. The number of nitrogens with two attached hydrogens (primary N) is 1. The molecule has 0 spiro atoms. The molecule has 1 aromatic heterocycles. The summed E-state index contributed by atoms with van der Waals surface area (Å²) in [6, 6.07) is 8.14. The molecule has 2 aromatic rings. The van der Waals surface area contributed by atoms with Gasteiger partial charge in [0.2, 0.25) is 0 Å². The Labute approximate surface area is 121 Å². The second-order valence-corrected chi connectivity index (χ2v) is 5.76. The van der Waals surface area contributed by atoms with E-state index in [1.54, 1.807) is 11.8 Å². The van der Waals surface area contributed by atoms with Gasteiger partial charge in [-0.25, -0.2) is 4.98 Å². The van der Waals surface area contributed by atoms with E-state index in [0.29, 0.717) is 6.54 Å². The molecular weight excluding hydrogens is 274 g/mol. The van der Waals surface area contributed by atoms with Crippen LogP contribution in [-0.4, -0.2) is 15.9 Å². The lowest BCUT2D eigenvalue weighted by molar-refractivity contribution is 0.971. The third kappa shape index (κ3) is 4.06. The Balaban J connectivity index is 2.06. The summed E-state index contributed by atoms with van der Waals surface area (Å²) in [6.45, 7) is 2.45. The van der Waals surface area contributed by atoms with E-state index in [9.17, 15) is 0 Å². The van der Waals surface area contributed by atoms with Crippen LogP contribution >= 0.6 is 23.3 Å². The van der Waals surface area contributed by atoms with Crippen molar-refractivity contribution in [2.24, 2.45) is 5.73 Å². The summed E-state index contributed by atoms with van der Waals surface area (Å²) >= 11 is 3.17. The average Bonchev–Trinajstić information content (AvgIpc) is 2.91. The third-order valence-electron chi connectivity index (χ3n) is 2.46. The third-order valence-corrected chi connectivity index (χ3v) is 4.38. The summed E-state index contributed by atoms with van der Waals surface area (Å²) in [7, 11) is 0. The van der Waals surface area contributed by atoms with Crippen LogP contribution < -0.4 is 5.73 Å². The number of nitrogens with zero attached hydrogens (tertiary/aromatic N) is 2. The molecule has 19 heavy (non-hydrogen) atoms. The fourth-order valence-corrected chi connectivity index (χ4v) is 3.19. The van der Waals surface area contributed by atoms with Gasteiger partial charge in [-0.2, -0.15) is 4.37 Å². The summed E-state index contributed by atoms with van der Waals surface area (Å²) in [4.78, 5) is 4.45. The van der Waals surface area contributed by atoms with Gasteiger partial charge in [0.05, 0.1) is 6.54 Å². The first-order chi connectivity index (χ1) is 9.33.